The molecule has 0 unspecified atom stereocenters. The predicted octanol–water partition coefficient (Wildman–Crippen LogP) is 4.09. The molecule has 0 aromatic heterocycles. The number of ether oxygens (including phenoxy) is 1. The number of esters is 1. The molecule has 0 bridgehead atoms. The Labute approximate surface area is 138 Å². The number of thioether (sulfide) groups is 1. The standard InChI is InChI=1S/C14H14Cl2N2O2S/c1-4-20-14(19)10(8-17)13(21-3)18(2)9-5-6-11(15)12(16)7-9/h5-7H,4H2,1-3H3/b13-10-. The van der Waals surface area contributed by atoms with Crippen LogP contribution in [0.3, 0.4) is 0 Å². The summed E-state index contributed by atoms with van der Waals surface area (Å²) in [6, 6.07) is 6.98. The zero-order valence-electron chi connectivity index (χ0n) is 11.8. The molecule has 4 nitrogen and oxygen atoms in total. The van der Waals surface area contributed by atoms with E-state index in [0.29, 0.717) is 20.8 Å². The summed E-state index contributed by atoms with van der Waals surface area (Å²) >= 11 is 13.2. The minimum Gasteiger partial charge on any atom is -0.462 e. The Hall–Kier alpha value is -1.35. The highest BCUT2D eigenvalue weighted by Crippen LogP contribution is 2.31. The van der Waals surface area contributed by atoms with Crippen molar-refractivity contribution in [1.82, 2.24) is 0 Å². The van der Waals surface area contributed by atoms with Crippen LogP contribution < -0.4 is 4.90 Å². The molecule has 21 heavy (non-hydrogen) atoms. The van der Waals surface area contributed by atoms with E-state index in [9.17, 15) is 10.1 Å². The zero-order valence-corrected chi connectivity index (χ0v) is 14.1. The van der Waals surface area contributed by atoms with Gasteiger partial charge in [0, 0.05) is 12.7 Å². The van der Waals surface area contributed by atoms with Crippen molar-refractivity contribution in [3.63, 3.8) is 0 Å². The highest BCUT2D eigenvalue weighted by molar-refractivity contribution is 8.02. The molecular formula is C14H14Cl2N2O2S. The quantitative estimate of drug-likeness (QED) is 0.457. The lowest BCUT2D eigenvalue weighted by Crippen LogP contribution is -2.20. The molecule has 0 fully saturated rings. The van der Waals surface area contributed by atoms with Gasteiger partial charge < -0.3 is 9.64 Å². The number of carbonyl (C=O) groups is 1. The lowest BCUT2D eigenvalue weighted by atomic mass is 10.2. The van der Waals surface area contributed by atoms with Gasteiger partial charge in [-0.05, 0) is 31.4 Å². The van der Waals surface area contributed by atoms with Gasteiger partial charge in [-0.1, -0.05) is 23.2 Å². The normalized spacial score (nSPS) is 11.4. The van der Waals surface area contributed by atoms with Crippen LogP contribution in [0.2, 0.25) is 10.0 Å². The lowest BCUT2D eigenvalue weighted by molar-refractivity contribution is -0.138. The van der Waals surface area contributed by atoms with E-state index in [0.717, 1.165) is 0 Å². The first kappa shape index (κ1) is 17.7. The Balaban J connectivity index is 3.26. The van der Waals surface area contributed by atoms with Gasteiger partial charge in [0.05, 0.1) is 16.7 Å². The molecule has 1 aromatic rings. The third-order valence-corrected chi connectivity index (χ3v) is 4.20. The number of anilines is 1. The van der Waals surface area contributed by atoms with Crippen molar-refractivity contribution in [3.05, 3.63) is 38.8 Å². The van der Waals surface area contributed by atoms with Gasteiger partial charge in [-0.3, -0.25) is 0 Å². The molecule has 0 aliphatic rings. The van der Waals surface area contributed by atoms with E-state index >= 15 is 0 Å². The fourth-order valence-electron chi connectivity index (χ4n) is 1.60. The van der Waals surface area contributed by atoms with Crippen LogP contribution in [0.15, 0.2) is 28.8 Å². The first-order chi connectivity index (χ1) is 9.96. The number of nitriles is 1. The third kappa shape index (κ3) is 4.31. The Morgan fingerprint density at radius 3 is 2.57 bits per heavy atom. The Morgan fingerprint density at radius 2 is 2.10 bits per heavy atom. The van der Waals surface area contributed by atoms with Crippen LogP contribution in [0.5, 0.6) is 0 Å². The summed E-state index contributed by atoms with van der Waals surface area (Å²) in [5.41, 5.74) is 0.670. The maximum absolute atomic E-state index is 11.8. The van der Waals surface area contributed by atoms with Crippen molar-refractivity contribution in [3.8, 4) is 6.07 Å². The number of nitrogens with zero attached hydrogens (tertiary/aromatic N) is 2. The fraction of sp³-hybridized carbons (Fsp3) is 0.286. The predicted molar refractivity (Wildman–Crippen MR) is 87.7 cm³/mol. The molecule has 1 aromatic carbocycles. The van der Waals surface area contributed by atoms with Gasteiger partial charge >= 0.3 is 5.97 Å². The second-order valence-corrected chi connectivity index (χ2v) is 5.48. The van der Waals surface area contributed by atoms with Crippen molar-refractivity contribution < 1.29 is 9.53 Å². The fourth-order valence-corrected chi connectivity index (χ4v) is 2.61. The van der Waals surface area contributed by atoms with Gasteiger partial charge in [0.15, 0.2) is 5.57 Å². The van der Waals surface area contributed by atoms with Crippen LogP contribution in [0.1, 0.15) is 6.92 Å². The van der Waals surface area contributed by atoms with E-state index in [1.807, 2.05) is 6.07 Å². The molecule has 7 heteroatoms. The molecule has 0 saturated heterocycles. The summed E-state index contributed by atoms with van der Waals surface area (Å²) in [4.78, 5) is 13.5. The van der Waals surface area contributed by atoms with Crippen molar-refractivity contribution in [1.29, 1.82) is 5.26 Å². The first-order valence-corrected chi connectivity index (χ1v) is 7.98. The van der Waals surface area contributed by atoms with Crippen molar-refractivity contribution in [2.24, 2.45) is 0 Å². The first-order valence-electron chi connectivity index (χ1n) is 6.00. The number of hydrogen-bond donors (Lipinski definition) is 0. The average molecular weight is 345 g/mol. The van der Waals surface area contributed by atoms with Gasteiger partial charge in [0.2, 0.25) is 0 Å². The highest BCUT2D eigenvalue weighted by atomic mass is 35.5. The van der Waals surface area contributed by atoms with Crippen LogP contribution >= 0.6 is 35.0 Å². The lowest BCUT2D eigenvalue weighted by Gasteiger charge is -2.22. The largest absolute Gasteiger partial charge is 0.462 e. The Morgan fingerprint density at radius 1 is 1.43 bits per heavy atom. The minimum atomic E-state index is -0.642. The van der Waals surface area contributed by atoms with Gasteiger partial charge in [-0.2, -0.15) is 5.26 Å². The molecule has 0 aliphatic heterocycles. The summed E-state index contributed by atoms with van der Waals surface area (Å²) in [7, 11) is 1.74. The Kier molecular flexibility index (Phi) is 6.90. The van der Waals surface area contributed by atoms with Crippen molar-refractivity contribution in [2.45, 2.75) is 6.92 Å². The van der Waals surface area contributed by atoms with Crippen LogP contribution in [-0.2, 0) is 9.53 Å². The maximum atomic E-state index is 11.8. The number of rotatable bonds is 5. The molecular weight excluding hydrogens is 331 g/mol. The van der Waals surface area contributed by atoms with Crippen molar-refractivity contribution in [2.75, 3.05) is 24.8 Å². The number of benzene rings is 1. The molecule has 0 heterocycles. The molecule has 0 atom stereocenters. The van der Waals surface area contributed by atoms with Crippen LogP contribution in [0.4, 0.5) is 5.69 Å². The minimum absolute atomic E-state index is 0.0436. The van der Waals surface area contributed by atoms with Crippen LogP contribution in [0.25, 0.3) is 0 Å². The molecule has 0 aliphatic carbocycles. The molecule has 0 amide bonds. The van der Waals surface area contributed by atoms with Gasteiger partial charge in [-0.15, -0.1) is 11.8 Å². The van der Waals surface area contributed by atoms with E-state index in [-0.39, 0.29) is 12.2 Å². The van der Waals surface area contributed by atoms with E-state index in [2.05, 4.69) is 0 Å². The van der Waals surface area contributed by atoms with E-state index < -0.39 is 5.97 Å². The number of carbonyl (C=O) groups excluding carboxylic acids is 1. The smallest absolute Gasteiger partial charge is 0.351 e. The number of halogens is 2. The monoisotopic (exact) mass is 344 g/mol. The molecule has 112 valence electrons. The third-order valence-electron chi connectivity index (χ3n) is 2.59. The summed E-state index contributed by atoms with van der Waals surface area (Å²) in [5, 5.41) is 10.5. The SMILES string of the molecule is CCOC(=O)/C(C#N)=C(\SC)N(C)c1ccc(Cl)c(Cl)c1. The molecule has 1 rings (SSSR count). The highest BCUT2D eigenvalue weighted by Gasteiger charge is 2.20. The second-order valence-electron chi connectivity index (χ2n) is 3.87. The van der Waals surface area contributed by atoms with Crippen molar-refractivity contribution >= 4 is 46.6 Å². The maximum Gasteiger partial charge on any atom is 0.351 e. The second kappa shape index (κ2) is 8.18. The van der Waals surface area contributed by atoms with Gasteiger partial charge in [0.25, 0.3) is 0 Å². The molecule has 0 radical (unpaired) electrons. The summed E-state index contributed by atoms with van der Waals surface area (Å²) in [5.74, 6) is -0.642. The molecule has 0 N–H and O–H groups in total. The van der Waals surface area contributed by atoms with Gasteiger partial charge in [-0.25, -0.2) is 4.79 Å². The van der Waals surface area contributed by atoms with Gasteiger partial charge in [0.1, 0.15) is 11.1 Å². The Bertz CT molecular complexity index is 611. The summed E-state index contributed by atoms with van der Waals surface area (Å²) in [6.45, 7) is 1.90. The average Bonchev–Trinajstić information content (AvgIpc) is 2.46. The van der Waals surface area contributed by atoms with E-state index in [1.165, 1.54) is 11.8 Å². The molecule has 0 saturated carbocycles. The van der Waals surface area contributed by atoms with Crippen LogP contribution in [-0.4, -0.2) is 25.9 Å². The van der Waals surface area contributed by atoms with E-state index in [4.69, 9.17) is 27.9 Å². The van der Waals surface area contributed by atoms with Crippen LogP contribution in [0, 0.1) is 11.3 Å². The number of hydrogen-bond acceptors (Lipinski definition) is 5. The summed E-state index contributed by atoms with van der Waals surface area (Å²) < 4.78 is 4.90. The summed E-state index contributed by atoms with van der Waals surface area (Å²) in [6.07, 6.45) is 1.78. The zero-order chi connectivity index (χ0) is 16.0. The topological polar surface area (TPSA) is 53.3 Å². The van der Waals surface area contributed by atoms with E-state index in [1.54, 1.807) is 43.3 Å². The molecule has 0 spiro atoms.